The van der Waals surface area contributed by atoms with Gasteiger partial charge in [-0.25, -0.2) is 0 Å². The summed E-state index contributed by atoms with van der Waals surface area (Å²) in [5, 5.41) is 1.17. The van der Waals surface area contributed by atoms with E-state index in [1.54, 1.807) is 0 Å². The van der Waals surface area contributed by atoms with E-state index in [9.17, 15) is 0 Å². The third kappa shape index (κ3) is 2.61. The molecule has 2 nitrogen and oxygen atoms in total. The van der Waals surface area contributed by atoms with E-state index in [0.717, 1.165) is 12.5 Å². The Balaban J connectivity index is 2.09. The molecular formula is C12H16N2S. The summed E-state index contributed by atoms with van der Waals surface area (Å²) in [6.45, 7) is 5.25. The van der Waals surface area contributed by atoms with Gasteiger partial charge >= 0.3 is 0 Å². The van der Waals surface area contributed by atoms with Gasteiger partial charge in [-0.2, -0.15) is 0 Å². The van der Waals surface area contributed by atoms with E-state index in [1.165, 1.54) is 10.6 Å². The van der Waals surface area contributed by atoms with Crippen molar-refractivity contribution < 1.29 is 0 Å². The van der Waals surface area contributed by atoms with Gasteiger partial charge in [0.2, 0.25) is 0 Å². The molecule has 15 heavy (non-hydrogen) atoms. The first-order valence-electron chi connectivity index (χ1n) is 5.24. The van der Waals surface area contributed by atoms with Crippen LogP contribution in [-0.4, -0.2) is 28.5 Å². The number of thioether (sulfide) groups is 1. The Morgan fingerprint density at radius 2 is 2.00 bits per heavy atom. The molecule has 0 aliphatic carbocycles. The second-order valence-electron chi connectivity index (χ2n) is 3.93. The lowest BCUT2D eigenvalue weighted by molar-refractivity contribution is 0.269. The highest BCUT2D eigenvalue weighted by Gasteiger charge is 2.16. The fourth-order valence-corrected chi connectivity index (χ4v) is 2.57. The molecule has 0 unspecified atom stereocenters. The molecule has 1 heterocycles. The van der Waals surface area contributed by atoms with Gasteiger partial charge in [0.05, 0.1) is 12.5 Å². The van der Waals surface area contributed by atoms with E-state index in [-0.39, 0.29) is 0 Å². The van der Waals surface area contributed by atoms with Crippen LogP contribution < -0.4 is 0 Å². The molecule has 1 aromatic rings. The van der Waals surface area contributed by atoms with Crippen molar-refractivity contribution in [2.45, 2.75) is 19.9 Å². The first-order chi connectivity index (χ1) is 7.27. The molecule has 0 N–H and O–H groups in total. The monoisotopic (exact) mass is 220 g/mol. The average Bonchev–Trinajstić information content (AvgIpc) is 2.30. The minimum atomic E-state index is 0.582. The summed E-state index contributed by atoms with van der Waals surface area (Å²) in [7, 11) is 0. The van der Waals surface area contributed by atoms with Gasteiger partial charge in [0.15, 0.2) is 0 Å². The number of hydrogen-bond acceptors (Lipinski definition) is 3. The van der Waals surface area contributed by atoms with Crippen LogP contribution in [0.4, 0.5) is 0 Å². The first-order valence-corrected chi connectivity index (χ1v) is 6.22. The minimum Gasteiger partial charge on any atom is -0.272 e. The zero-order valence-corrected chi connectivity index (χ0v) is 10.00. The predicted molar refractivity (Wildman–Crippen MR) is 67.3 cm³/mol. The van der Waals surface area contributed by atoms with Gasteiger partial charge in [-0.15, -0.1) is 0 Å². The number of rotatable bonds is 2. The van der Waals surface area contributed by atoms with Crippen LogP contribution in [0.3, 0.4) is 0 Å². The van der Waals surface area contributed by atoms with Gasteiger partial charge in [0.1, 0.15) is 5.04 Å². The van der Waals surface area contributed by atoms with Crippen molar-refractivity contribution in [1.29, 1.82) is 0 Å². The molecule has 0 radical (unpaired) electrons. The van der Waals surface area contributed by atoms with E-state index >= 15 is 0 Å². The topological polar surface area (TPSA) is 15.6 Å². The lowest BCUT2D eigenvalue weighted by Crippen LogP contribution is -2.34. The van der Waals surface area contributed by atoms with Crippen molar-refractivity contribution in [1.82, 2.24) is 4.90 Å². The molecule has 0 aromatic heterocycles. The van der Waals surface area contributed by atoms with Crippen LogP contribution in [0.1, 0.15) is 19.4 Å². The third-order valence-electron chi connectivity index (χ3n) is 2.51. The Hall–Kier alpha value is -0.800. The number of benzene rings is 1. The molecule has 0 amide bonds. The van der Waals surface area contributed by atoms with Crippen LogP contribution in [0.2, 0.25) is 0 Å². The Morgan fingerprint density at radius 1 is 1.27 bits per heavy atom. The van der Waals surface area contributed by atoms with Gasteiger partial charge in [-0.1, -0.05) is 42.1 Å². The maximum atomic E-state index is 4.61. The summed E-state index contributed by atoms with van der Waals surface area (Å²) in [5.74, 6) is 1.05. The van der Waals surface area contributed by atoms with E-state index in [0.29, 0.717) is 6.04 Å². The summed E-state index contributed by atoms with van der Waals surface area (Å²) < 4.78 is 0. The number of aliphatic imine (C=N–C) groups is 1. The molecule has 1 aliphatic heterocycles. The molecule has 80 valence electrons. The quantitative estimate of drug-likeness (QED) is 0.761. The van der Waals surface area contributed by atoms with Crippen LogP contribution >= 0.6 is 11.8 Å². The summed E-state index contributed by atoms with van der Waals surface area (Å²) in [5.41, 5.74) is 1.24. The van der Waals surface area contributed by atoms with E-state index in [2.05, 4.69) is 48.0 Å². The fourth-order valence-electron chi connectivity index (χ4n) is 1.45. The standard InChI is InChI=1S/C12H16N2S/c1-10(2)14-8-13-12(15-9-14)11-6-4-3-5-7-11/h3-7,10H,8-9H2,1-2H3. The van der Waals surface area contributed by atoms with Crippen LogP contribution in [0, 0.1) is 0 Å². The average molecular weight is 220 g/mol. The van der Waals surface area contributed by atoms with Crippen molar-refractivity contribution >= 4 is 16.8 Å². The molecule has 0 atom stereocenters. The largest absolute Gasteiger partial charge is 0.272 e. The Kier molecular flexibility index (Phi) is 3.44. The van der Waals surface area contributed by atoms with Gasteiger partial charge in [-0.3, -0.25) is 9.89 Å². The Morgan fingerprint density at radius 3 is 2.53 bits per heavy atom. The normalized spacial score (nSPS) is 17.9. The Labute approximate surface area is 95.4 Å². The van der Waals surface area contributed by atoms with E-state index in [1.807, 2.05) is 17.8 Å². The molecule has 0 fully saturated rings. The number of nitrogens with zero attached hydrogens (tertiary/aromatic N) is 2. The van der Waals surface area contributed by atoms with Crippen molar-refractivity contribution in [2.75, 3.05) is 12.5 Å². The lowest BCUT2D eigenvalue weighted by atomic mass is 10.2. The second-order valence-corrected chi connectivity index (χ2v) is 4.86. The summed E-state index contributed by atoms with van der Waals surface area (Å²) in [6, 6.07) is 11.0. The lowest BCUT2D eigenvalue weighted by Gasteiger charge is -2.28. The smallest absolute Gasteiger partial charge is 0.101 e. The molecule has 1 aliphatic rings. The molecular weight excluding hydrogens is 204 g/mol. The SMILES string of the molecule is CC(C)N1CN=C(c2ccccc2)SC1. The van der Waals surface area contributed by atoms with Crippen LogP contribution in [0.5, 0.6) is 0 Å². The summed E-state index contributed by atoms with van der Waals surface area (Å²) >= 11 is 1.83. The van der Waals surface area contributed by atoms with Crippen molar-refractivity contribution in [3.63, 3.8) is 0 Å². The Bertz CT molecular complexity index is 346. The zero-order chi connectivity index (χ0) is 10.7. The highest BCUT2D eigenvalue weighted by Crippen LogP contribution is 2.20. The van der Waals surface area contributed by atoms with Crippen molar-refractivity contribution in [3.8, 4) is 0 Å². The molecule has 1 aromatic carbocycles. The van der Waals surface area contributed by atoms with Gasteiger partial charge in [0.25, 0.3) is 0 Å². The van der Waals surface area contributed by atoms with E-state index < -0.39 is 0 Å². The van der Waals surface area contributed by atoms with Crippen molar-refractivity contribution in [3.05, 3.63) is 35.9 Å². The van der Waals surface area contributed by atoms with Gasteiger partial charge in [-0.05, 0) is 13.8 Å². The molecule has 2 rings (SSSR count). The van der Waals surface area contributed by atoms with E-state index in [4.69, 9.17) is 0 Å². The highest BCUT2D eigenvalue weighted by molar-refractivity contribution is 8.14. The van der Waals surface area contributed by atoms with Gasteiger partial charge in [0, 0.05) is 11.6 Å². The molecule has 0 spiro atoms. The maximum Gasteiger partial charge on any atom is 0.101 e. The predicted octanol–water partition coefficient (Wildman–Crippen LogP) is 2.81. The molecule has 0 bridgehead atoms. The highest BCUT2D eigenvalue weighted by atomic mass is 32.2. The molecule has 0 saturated heterocycles. The minimum absolute atomic E-state index is 0.582. The van der Waals surface area contributed by atoms with Gasteiger partial charge < -0.3 is 0 Å². The molecule has 3 heteroatoms. The van der Waals surface area contributed by atoms with Crippen LogP contribution in [-0.2, 0) is 0 Å². The fraction of sp³-hybridized carbons (Fsp3) is 0.417. The molecule has 0 saturated carbocycles. The number of hydrogen-bond donors (Lipinski definition) is 0. The third-order valence-corrected chi connectivity index (χ3v) is 3.61. The first kappa shape index (κ1) is 10.7. The zero-order valence-electron chi connectivity index (χ0n) is 9.18. The van der Waals surface area contributed by atoms with Crippen LogP contribution in [0.15, 0.2) is 35.3 Å². The second kappa shape index (κ2) is 4.81. The van der Waals surface area contributed by atoms with Crippen LogP contribution in [0.25, 0.3) is 0 Å². The van der Waals surface area contributed by atoms with Crippen molar-refractivity contribution in [2.24, 2.45) is 4.99 Å². The summed E-state index contributed by atoms with van der Waals surface area (Å²) in [6.07, 6.45) is 0. The maximum absolute atomic E-state index is 4.61. The summed E-state index contributed by atoms with van der Waals surface area (Å²) in [4.78, 5) is 6.97.